The van der Waals surface area contributed by atoms with Gasteiger partial charge in [0.1, 0.15) is 22.9 Å². The van der Waals surface area contributed by atoms with E-state index in [1.807, 2.05) is 6.92 Å². The van der Waals surface area contributed by atoms with Crippen LogP contribution < -0.4 is 29.8 Å². The van der Waals surface area contributed by atoms with E-state index in [1.54, 1.807) is 30.6 Å². The van der Waals surface area contributed by atoms with Crippen molar-refractivity contribution < 1.29 is 37.6 Å². The maximum atomic E-state index is 15.5. The zero-order chi connectivity index (χ0) is 36.4. The lowest BCUT2D eigenvalue weighted by molar-refractivity contribution is -0.00605. The lowest BCUT2D eigenvalue weighted by Crippen LogP contribution is -2.42. The summed E-state index contributed by atoms with van der Waals surface area (Å²) in [5, 5.41) is 13.4. The molecule has 0 aliphatic carbocycles. The van der Waals surface area contributed by atoms with Crippen molar-refractivity contribution in [2.45, 2.75) is 38.2 Å². The molecule has 0 bridgehead atoms. The van der Waals surface area contributed by atoms with Crippen molar-refractivity contribution >= 4 is 22.5 Å². The van der Waals surface area contributed by atoms with Crippen LogP contribution in [0.4, 0.5) is 14.5 Å². The minimum Gasteiger partial charge on any atom is -0.493 e. The molecule has 270 valence electrons. The number of halogens is 2. The van der Waals surface area contributed by atoms with Crippen molar-refractivity contribution in [3.8, 4) is 34.4 Å². The minimum atomic E-state index is -0.779. The third-order valence-corrected chi connectivity index (χ3v) is 9.39. The lowest BCUT2D eigenvalue weighted by Gasteiger charge is -2.35. The zero-order valence-corrected chi connectivity index (χ0v) is 28.8. The molecule has 1 fully saturated rings. The molecule has 11 nitrogen and oxygen atoms in total. The maximum absolute atomic E-state index is 15.5. The van der Waals surface area contributed by atoms with Gasteiger partial charge in [-0.2, -0.15) is 0 Å². The summed E-state index contributed by atoms with van der Waals surface area (Å²) >= 11 is 0. The summed E-state index contributed by atoms with van der Waals surface area (Å²) in [7, 11) is 1.53. The molecule has 52 heavy (non-hydrogen) atoms. The second kappa shape index (κ2) is 14.6. The number of amides is 1. The molecular formula is C39H38F2N4O7. The molecule has 3 aromatic carbocycles. The number of rotatable bonds is 11. The first-order valence-corrected chi connectivity index (χ1v) is 17.1. The summed E-state index contributed by atoms with van der Waals surface area (Å²) < 4.78 is 53.6. The van der Waals surface area contributed by atoms with Crippen LogP contribution in [0.1, 0.15) is 42.1 Å². The molecule has 2 aromatic heterocycles. The molecule has 5 aromatic rings. The Kier molecular flexibility index (Phi) is 9.80. The number of anilines is 1. The molecule has 13 heteroatoms. The van der Waals surface area contributed by atoms with Crippen LogP contribution in [-0.4, -0.2) is 71.0 Å². The summed E-state index contributed by atoms with van der Waals surface area (Å²) in [6.07, 6.45) is 5.91. The number of pyridine rings is 2. The van der Waals surface area contributed by atoms with Gasteiger partial charge < -0.3 is 34.3 Å². The standard InChI is InChI=1S/C39H38F2N4O7/c1-39(48)12-16-44(17-13-39)15-3-18-50-34-22-30-28(21-33(34)49-2)31(10-14-42-30)52-32-9-6-26(20-29(32)41)43-37(46)35-36-24(11-19-51-36)23-45(38(35)47)27-7-4-25(40)5-8-27/h4-10,14,20-23,48H,3,11-13,15-19H2,1-2H3,(H,43,46). The Morgan fingerprint density at radius 2 is 1.81 bits per heavy atom. The van der Waals surface area contributed by atoms with Crippen molar-refractivity contribution in [2.24, 2.45) is 0 Å². The molecule has 2 aliphatic rings. The molecule has 2 N–H and O–H groups in total. The minimum absolute atomic E-state index is 0.0911. The van der Waals surface area contributed by atoms with Crippen LogP contribution >= 0.6 is 0 Å². The van der Waals surface area contributed by atoms with Gasteiger partial charge in [0.05, 0.1) is 31.4 Å². The number of carbonyl (C=O) groups is 1. The van der Waals surface area contributed by atoms with Gasteiger partial charge in [0.2, 0.25) is 0 Å². The van der Waals surface area contributed by atoms with Crippen LogP contribution in [0, 0.1) is 11.6 Å². The van der Waals surface area contributed by atoms with E-state index in [4.69, 9.17) is 18.9 Å². The van der Waals surface area contributed by atoms with Gasteiger partial charge in [-0.1, -0.05) is 0 Å². The highest BCUT2D eigenvalue weighted by Gasteiger charge is 2.28. The number of ether oxygens (including phenoxy) is 4. The molecule has 0 unspecified atom stereocenters. The van der Waals surface area contributed by atoms with E-state index < -0.39 is 28.7 Å². The van der Waals surface area contributed by atoms with Gasteiger partial charge in [-0.15, -0.1) is 0 Å². The third kappa shape index (κ3) is 7.41. The fourth-order valence-electron chi connectivity index (χ4n) is 6.44. The Morgan fingerprint density at radius 1 is 1.02 bits per heavy atom. The van der Waals surface area contributed by atoms with Gasteiger partial charge in [-0.25, -0.2) is 8.78 Å². The quantitative estimate of drug-likeness (QED) is 0.153. The number of aromatic nitrogens is 2. The molecule has 7 rings (SSSR count). The molecule has 0 spiro atoms. The maximum Gasteiger partial charge on any atom is 0.271 e. The van der Waals surface area contributed by atoms with Crippen LogP contribution in [0.2, 0.25) is 0 Å². The number of fused-ring (bicyclic) bond motifs is 2. The van der Waals surface area contributed by atoms with E-state index in [2.05, 4.69) is 15.2 Å². The van der Waals surface area contributed by atoms with Gasteiger partial charge in [-0.05, 0) is 74.7 Å². The number of benzene rings is 3. The van der Waals surface area contributed by atoms with Crippen LogP contribution in [0.3, 0.4) is 0 Å². The largest absolute Gasteiger partial charge is 0.493 e. The van der Waals surface area contributed by atoms with Gasteiger partial charge >= 0.3 is 0 Å². The molecule has 4 heterocycles. The smallest absolute Gasteiger partial charge is 0.271 e. The Bertz CT molecular complexity index is 2180. The number of nitrogens with zero attached hydrogens (tertiary/aromatic N) is 3. The van der Waals surface area contributed by atoms with E-state index >= 15 is 4.39 Å². The second-order valence-corrected chi connectivity index (χ2v) is 13.2. The van der Waals surface area contributed by atoms with E-state index in [0.29, 0.717) is 52.4 Å². The number of methoxy groups -OCH3 is 1. The first-order valence-electron chi connectivity index (χ1n) is 17.1. The molecular weight excluding hydrogens is 674 g/mol. The van der Waals surface area contributed by atoms with Crippen LogP contribution in [0.25, 0.3) is 16.6 Å². The summed E-state index contributed by atoms with van der Waals surface area (Å²) in [6, 6.07) is 14.3. The summed E-state index contributed by atoms with van der Waals surface area (Å²) in [5.74, 6) is -0.625. The second-order valence-electron chi connectivity index (χ2n) is 13.2. The summed E-state index contributed by atoms with van der Waals surface area (Å²) in [5.41, 5.74) is 0.190. The van der Waals surface area contributed by atoms with Crippen molar-refractivity contribution in [3.63, 3.8) is 0 Å². The van der Waals surface area contributed by atoms with Gasteiger partial charge in [0, 0.05) is 72.9 Å². The first-order chi connectivity index (χ1) is 25.1. The van der Waals surface area contributed by atoms with Crippen LogP contribution in [0.15, 0.2) is 77.9 Å². The van der Waals surface area contributed by atoms with Crippen LogP contribution in [0.5, 0.6) is 28.7 Å². The number of likely N-dealkylation sites (tertiary alicyclic amines) is 1. The molecule has 1 amide bonds. The molecule has 0 radical (unpaired) electrons. The highest BCUT2D eigenvalue weighted by molar-refractivity contribution is 6.06. The van der Waals surface area contributed by atoms with Crippen molar-refractivity contribution in [2.75, 3.05) is 45.3 Å². The lowest BCUT2D eigenvalue weighted by atomic mass is 9.94. The van der Waals surface area contributed by atoms with Crippen molar-refractivity contribution in [1.29, 1.82) is 0 Å². The number of hydrogen-bond donors (Lipinski definition) is 2. The molecule has 0 saturated carbocycles. The Balaban J connectivity index is 1.05. The van der Waals surface area contributed by atoms with Crippen molar-refractivity contribution in [3.05, 3.63) is 106 Å². The average Bonchev–Trinajstić information content (AvgIpc) is 3.60. The van der Waals surface area contributed by atoms with Crippen molar-refractivity contribution in [1.82, 2.24) is 14.5 Å². The number of hydrogen-bond acceptors (Lipinski definition) is 9. The Hall–Kier alpha value is -5.53. The first kappa shape index (κ1) is 34.9. The number of nitrogens with one attached hydrogen (secondary N) is 1. The highest BCUT2D eigenvalue weighted by Crippen LogP contribution is 2.38. The van der Waals surface area contributed by atoms with E-state index in [0.717, 1.165) is 45.0 Å². The fraction of sp³-hybridized carbons (Fsp3) is 0.308. The topological polar surface area (TPSA) is 124 Å². The zero-order valence-electron chi connectivity index (χ0n) is 28.8. The number of aliphatic hydroxyl groups is 1. The fourth-order valence-corrected chi connectivity index (χ4v) is 6.44. The normalized spacial score (nSPS) is 15.2. The molecule has 0 atom stereocenters. The predicted octanol–water partition coefficient (Wildman–Crippen LogP) is 6.27. The predicted molar refractivity (Wildman–Crippen MR) is 190 cm³/mol. The van der Waals surface area contributed by atoms with Gasteiger partial charge in [-0.3, -0.25) is 19.1 Å². The number of piperidine rings is 1. The average molecular weight is 713 g/mol. The monoisotopic (exact) mass is 712 g/mol. The SMILES string of the molecule is COc1cc2c(Oc3ccc(NC(=O)c4c5c(cn(-c6ccc(F)cc6)c4=O)CCO5)cc3F)ccnc2cc1OCCCN1CCC(C)(O)CC1. The summed E-state index contributed by atoms with van der Waals surface area (Å²) in [6.45, 7) is 5.19. The molecule has 2 aliphatic heterocycles. The number of carbonyl (C=O) groups excluding carboxylic acids is 1. The summed E-state index contributed by atoms with van der Waals surface area (Å²) in [4.78, 5) is 33.7. The van der Waals surface area contributed by atoms with Crippen LogP contribution in [-0.2, 0) is 6.42 Å². The van der Waals surface area contributed by atoms with E-state index in [9.17, 15) is 19.1 Å². The van der Waals surface area contributed by atoms with E-state index in [-0.39, 0.29) is 29.4 Å². The van der Waals surface area contributed by atoms with Gasteiger partial charge in [0.15, 0.2) is 23.1 Å². The Labute approximate surface area is 298 Å². The van der Waals surface area contributed by atoms with Gasteiger partial charge in [0.25, 0.3) is 11.5 Å². The molecule has 1 saturated heterocycles. The van der Waals surface area contributed by atoms with E-state index in [1.165, 1.54) is 48.1 Å². The Morgan fingerprint density at radius 3 is 2.56 bits per heavy atom. The highest BCUT2D eigenvalue weighted by atomic mass is 19.1. The third-order valence-electron chi connectivity index (χ3n) is 9.39.